The van der Waals surface area contributed by atoms with Crippen LogP contribution >= 0.6 is 0 Å². The number of benzene rings is 1. The Kier molecular flexibility index (Phi) is 11.5. The lowest BCUT2D eigenvalue weighted by molar-refractivity contribution is -0.143. The third-order valence-electron chi connectivity index (χ3n) is 10.7. The zero-order valence-corrected chi connectivity index (χ0v) is 29.9. The van der Waals surface area contributed by atoms with Gasteiger partial charge in [-0.1, -0.05) is 27.7 Å². The van der Waals surface area contributed by atoms with E-state index in [1.165, 1.54) is 38.8 Å². The Morgan fingerprint density at radius 3 is 2.33 bits per heavy atom. The van der Waals surface area contributed by atoms with Crippen molar-refractivity contribution in [2.45, 2.75) is 116 Å². The number of nitrogens with zero attached hydrogens (tertiary/aromatic N) is 4. The summed E-state index contributed by atoms with van der Waals surface area (Å²) in [5.41, 5.74) is 0.662. The lowest BCUT2D eigenvalue weighted by Crippen LogP contribution is -2.59. The van der Waals surface area contributed by atoms with E-state index in [1.807, 2.05) is 32.9 Å². The van der Waals surface area contributed by atoms with E-state index in [0.717, 1.165) is 35.5 Å². The number of hydrogen-bond donors (Lipinski definition) is 4. The summed E-state index contributed by atoms with van der Waals surface area (Å²) in [6, 6.07) is 2.75. The molecule has 3 atom stereocenters. The molecule has 48 heavy (non-hydrogen) atoms. The standard InChI is InChI=1S/C36H56N8O4/c1-22-14-17-43(18-15-22)25-12-10-24(11-13-25)40-32-26-19-28(30(48-7)20-27(26)38-21-39-32)41-34(46)29-9-8-16-44(29)35(47)31(36(3,4)5)42-33(45)23(2)37-6/h19-25,29,31,37H,8-18H2,1-7H3,(H,41,46)(H,42,45)(H,38,39,40)/t23-,24?,25?,29-,31+/m0/s1. The van der Waals surface area contributed by atoms with Gasteiger partial charge in [0.2, 0.25) is 17.7 Å². The van der Waals surface area contributed by atoms with Crippen LogP contribution in [0.25, 0.3) is 10.9 Å². The maximum absolute atomic E-state index is 13.9. The van der Waals surface area contributed by atoms with E-state index < -0.39 is 23.5 Å². The molecule has 1 aliphatic carbocycles. The fourth-order valence-corrected chi connectivity index (χ4v) is 7.37. The highest BCUT2D eigenvalue weighted by Gasteiger charge is 2.42. The van der Waals surface area contributed by atoms with Crippen LogP contribution in [0.5, 0.6) is 5.75 Å². The number of aromatic nitrogens is 2. The van der Waals surface area contributed by atoms with Crippen LogP contribution in [0.4, 0.5) is 11.5 Å². The van der Waals surface area contributed by atoms with E-state index in [1.54, 1.807) is 32.3 Å². The summed E-state index contributed by atoms with van der Waals surface area (Å²) in [5.74, 6) is 1.25. The average Bonchev–Trinajstić information content (AvgIpc) is 3.57. The molecule has 1 aromatic heterocycles. The van der Waals surface area contributed by atoms with Gasteiger partial charge in [0.1, 0.15) is 30.0 Å². The number of methoxy groups -OCH3 is 1. The summed E-state index contributed by atoms with van der Waals surface area (Å²) in [6.45, 7) is 12.7. The second-order valence-electron chi connectivity index (χ2n) is 15.2. The molecule has 264 valence electrons. The first kappa shape index (κ1) is 35.8. The molecule has 12 nitrogen and oxygen atoms in total. The minimum atomic E-state index is -0.784. The van der Waals surface area contributed by atoms with Crippen molar-refractivity contribution in [1.29, 1.82) is 0 Å². The fourth-order valence-electron chi connectivity index (χ4n) is 7.37. The number of likely N-dealkylation sites (N-methyl/N-ethyl adjacent to an activating group) is 1. The van der Waals surface area contributed by atoms with Crippen molar-refractivity contribution in [3.8, 4) is 5.75 Å². The first-order valence-electron chi connectivity index (χ1n) is 17.8. The second kappa shape index (κ2) is 15.4. The highest BCUT2D eigenvalue weighted by molar-refractivity contribution is 6.03. The third kappa shape index (κ3) is 8.19. The van der Waals surface area contributed by atoms with Crippen LogP contribution in [-0.4, -0.2) is 101 Å². The quantitative estimate of drug-likeness (QED) is 0.295. The largest absolute Gasteiger partial charge is 0.494 e. The monoisotopic (exact) mass is 664 g/mol. The van der Waals surface area contributed by atoms with E-state index in [2.05, 4.69) is 43.1 Å². The summed E-state index contributed by atoms with van der Waals surface area (Å²) in [7, 11) is 3.26. The Labute approximate surface area is 285 Å². The van der Waals surface area contributed by atoms with Gasteiger partial charge in [0.05, 0.1) is 24.4 Å². The SMILES string of the molecule is CN[C@@H](C)C(=O)N[C@H](C(=O)N1CCC[C@H]1C(=O)Nc1cc2c(NC3CCC(N4CCC(C)CC4)CC3)ncnc2cc1OC)C(C)(C)C. The van der Waals surface area contributed by atoms with Gasteiger partial charge in [0, 0.05) is 30.1 Å². The second-order valence-corrected chi connectivity index (χ2v) is 15.2. The average molecular weight is 665 g/mol. The number of ether oxygens (including phenoxy) is 1. The maximum Gasteiger partial charge on any atom is 0.247 e. The molecule has 5 rings (SSSR count). The topological polar surface area (TPSA) is 141 Å². The number of carbonyl (C=O) groups is 3. The Hall–Kier alpha value is -3.51. The Balaban J connectivity index is 1.29. The summed E-state index contributed by atoms with van der Waals surface area (Å²) >= 11 is 0. The minimum absolute atomic E-state index is 0.258. The van der Waals surface area contributed by atoms with Gasteiger partial charge in [-0.15, -0.1) is 0 Å². The number of fused-ring (bicyclic) bond motifs is 1. The van der Waals surface area contributed by atoms with Crippen molar-refractivity contribution in [1.82, 2.24) is 30.4 Å². The molecule has 0 unspecified atom stereocenters. The molecule has 3 fully saturated rings. The fraction of sp³-hybridized carbons (Fsp3) is 0.694. The van der Waals surface area contributed by atoms with E-state index in [4.69, 9.17) is 4.74 Å². The van der Waals surface area contributed by atoms with E-state index in [-0.39, 0.29) is 17.7 Å². The van der Waals surface area contributed by atoms with Crippen molar-refractivity contribution >= 4 is 40.1 Å². The molecular formula is C36H56N8O4. The van der Waals surface area contributed by atoms with Gasteiger partial charge in [0.15, 0.2) is 0 Å². The molecule has 2 aliphatic heterocycles. The molecule has 3 heterocycles. The number of hydrogen-bond acceptors (Lipinski definition) is 9. The molecule has 2 saturated heterocycles. The first-order chi connectivity index (χ1) is 22.9. The van der Waals surface area contributed by atoms with Crippen molar-refractivity contribution in [2.75, 3.05) is 44.4 Å². The van der Waals surface area contributed by atoms with E-state index in [0.29, 0.717) is 42.9 Å². The normalized spacial score (nSPS) is 23.8. The van der Waals surface area contributed by atoms with Crippen LogP contribution in [0.3, 0.4) is 0 Å². The van der Waals surface area contributed by atoms with Gasteiger partial charge < -0.3 is 35.8 Å². The smallest absolute Gasteiger partial charge is 0.247 e. The lowest BCUT2D eigenvalue weighted by atomic mass is 9.85. The molecule has 2 aromatic rings. The van der Waals surface area contributed by atoms with Crippen molar-refractivity contribution in [2.24, 2.45) is 11.3 Å². The number of amides is 3. The van der Waals surface area contributed by atoms with Crippen LogP contribution in [0.1, 0.15) is 86.0 Å². The molecule has 4 N–H and O–H groups in total. The molecule has 0 spiro atoms. The van der Waals surface area contributed by atoms with Crippen LogP contribution in [0.2, 0.25) is 0 Å². The number of rotatable bonds is 10. The van der Waals surface area contributed by atoms with E-state index >= 15 is 0 Å². The van der Waals surface area contributed by atoms with Crippen LogP contribution < -0.4 is 26.0 Å². The summed E-state index contributed by atoms with van der Waals surface area (Å²) < 4.78 is 5.68. The molecule has 1 saturated carbocycles. The van der Waals surface area contributed by atoms with Gasteiger partial charge in [-0.25, -0.2) is 9.97 Å². The third-order valence-corrected chi connectivity index (χ3v) is 10.7. The molecule has 1 aromatic carbocycles. The van der Waals surface area contributed by atoms with E-state index in [9.17, 15) is 14.4 Å². The molecule has 12 heteroatoms. The number of likely N-dealkylation sites (tertiary alicyclic amines) is 2. The highest BCUT2D eigenvalue weighted by Crippen LogP contribution is 2.35. The Morgan fingerprint density at radius 1 is 0.979 bits per heavy atom. The van der Waals surface area contributed by atoms with Gasteiger partial charge in [-0.3, -0.25) is 14.4 Å². The molecule has 3 amide bonds. The molecule has 0 radical (unpaired) electrons. The first-order valence-corrected chi connectivity index (χ1v) is 17.8. The molecule has 0 bridgehead atoms. The molecular weight excluding hydrogens is 608 g/mol. The Bertz CT molecular complexity index is 1450. The zero-order chi connectivity index (χ0) is 34.6. The van der Waals surface area contributed by atoms with Gasteiger partial charge in [-0.2, -0.15) is 0 Å². The number of anilines is 2. The summed E-state index contributed by atoms with van der Waals surface area (Å²) in [4.78, 5) is 54.0. The van der Waals surface area contributed by atoms with Crippen LogP contribution in [-0.2, 0) is 14.4 Å². The lowest BCUT2D eigenvalue weighted by Gasteiger charge is -2.40. The predicted molar refractivity (Wildman–Crippen MR) is 189 cm³/mol. The van der Waals surface area contributed by atoms with Gasteiger partial charge in [0.25, 0.3) is 0 Å². The number of carbonyl (C=O) groups excluding carboxylic acids is 3. The van der Waals surface area contributed by atoms with Gasteiger partial charge >= 0.3 is 0 Å². The number of nitrogens with one attached hydrogen (secondary N) is 4. The minimum Gasteiger partial charge on any atom is -0.494 e. The Morgan fingerprint density at radius 2 is 1.69 bits per heavy atom. The molecule has 3 aliphatic rings. The van der Waals surface area contributed by atoms with Crippen LogP contribution in [0, 0.1) is 11.3 Å². The summed E-state index contributed by atoms with van der Waals surface area (Å²) in [5, 5.41) is 13.4. The van der Waals surface area contributed by atoms with Crippen molar-refractivity contribution in [3.63, 3.8) is 0 Å². The zero-order valence-electron chi connectivity index (χ0n) is 29.9. The number of piperidine rings is 1. The van der Waals surface area contributed by atoms with Crippen LogP contribution in [0.15, 0.2) is 18.5 Å². The summed E-state index contributed by atoms with van der Waals surface area (Å²) in [6.07, 6.45) is 9.90. The van der Waals surface area contributed by atoms with Crippen molar-refractivity contribution in [3.05, 3.63) is 18.5 Å². The predicted octanol–water partition coefficient (Wildman–Crippen LogP) is 4.16. The highest BCUT2D eigenvalue weighted by atomic mass is 16.5. The van der Waals surface area contributed by atoms with Crippen molar-refractivity contribution < 1.29 is 19.1 Å². The van der Waals surface area contributed by atoms with Gasteiger partial charge in [-0.05, 0) is 95.8 Å². The maximum atomic E-state index is 13.9.